The molecule has 0 aromatic heterocycles. The van der Waals surface area contributed by atoms with Crippen LogP contribution in [0.2, 0.25) is 0 Å². The first kappa shape index (κ1) is 11.9. The highest BCUT2D eigenvalue weighted by Crippen LogP contribution is 2.18. The van der Waals surface area contributed by atoms with Gasteiger partial charge in [-0.2, -0.15) is 0 Å². The van der Waals surface area contributed by atoms with E-state index in [9.17, 15) is 4.79 Å². The summed E-state index contributed by atoms with van der Waals surface area (Å²) < 4.78 is 5.76. The number of para-hydroxylation sites is 1. The lowest BCUT2D eigenvalue weighted by Crippen LogP contribution is -2.47. The first-order valence-electron chi connectivity index (χ1n) is 5.66. The standard InChI is InChI=1S/C12H16N2O3/c15-12(14-16)9-6-11(8-13-7-9)17-10-4-2-1-3-5-10/h1-5,9,11,13,16H,6-8H2,(H,14,15). The van der Waals surface area contributed by atoms with Crippen molar-refractivity contribution in [2.45, 2.75) is 12.5 Å². The van der Waals surface area contributed by atoms with Crippen LogP contribution in [0.5, 0.6) is 5.75 Å². The normalized spacial score (nSPS) is 24.1. The number of amides is 1. The fraction of sp³-hybridized carbons (Fsp3) is 0.417. The number of nitrogens with one attached hydrogen (secondary N) is 2. The van der Waals surface area contributed by atoms with Crippen molar-refractivity contribution in [3.8, 4) is 5.75 Å². The monoisotopic (exact) mass is 236 g/mol. The molecule has 1 aliphatic rings. The molecule has 1 heterocycles. The first-order chi connectivity index (χ1) is 8.29. The lowest BCUT2D eigenvalue weighted by molar-refractivity contribution is -0.134. The first-order valence-corrected chi connectivity index (χ1v) is 5.66. The number of piperidine rings is 1. The van der Waals surface area contributed by atoms with Crippen LogP contribution in [0.25, 0.3) is 0 Å². The van der Waals surface area contributed by atoms with E-state index in [1.165, 1.54) is 0 Å². The van der Waals surface area contributed by atoms with Crippen molar-refractivity contribution in [2.24, 2.45) is 5.92 Å². The predicted molar refractivity (Wildman–Crippen MR) is 61.8 cm³/mol. The van der Waals surface area contributed by atoms with E-state index in [1.54, 1.807) is 5.48 Å². The van der Waals surface area contributed by atoms with E-state index in [0.29, 0.717) is 19.5 Å². The van der Waals surface area contributed by atoms with Crippen LogP contribution in [-0.4, -0.2) is 30.3 Å². The van der Waals surface area contributed by atoms with Crippen molar-refractivity contribution in [1.29, 1.82) is 0 Å². The molecule has 1 aromatic rings. The summed E-state index contributed by atoms with van der Waals surface area (Å²) in [5.74, 6) is 0.186. The molecule has 0 spiro atoms. The van der Waals surface area contributed by atoms with Crippen LogP contribution in [0.15, 0.2) is 30.3 Å². The molecular formula is C12H16N2O3. The van der Waals surface area contributed by atoms with Gasteiger partial charge < -0.3 is 10.1 Å². The van der Waals surface area contributed by atoms with Gasteiger partial charge in [0, 0.05) is 13.1 Å². The molecule has 2 unspecified atom stereocenters. The molecule has 1 saturated heterocycles. The van der Waals surface area contributed by atoms with Gasteiger partial charge in [0.1, 0.15) is 11.9 Å². The molecule has 0 bridgehead atoms. The van der Waals surface area contributed by atoms with Crippen molar-refractivity contribution in [3.63, 3.8) is 0 Å². The molecule has 3 N–H and O–H groups in total. The SMILES string of the molecule is O=C(NO)C1CNCC(Oc2ccccc2)C1. The zero-order valence-electron chi connectivity index (χ0n) is 9.43. The second-order valence-electron chi connectivity index (χ2n) is 4.12. The summed E-state index contributed by atoms with van der Waals surface area (Å²) in [4.78, 5) is 11.3. The summed E-state index contributed by atoms with van der Waals surface area (Å²) in [5, 5.41) is 11.7. The molecule has 1 aromatic carbocycles. The van der Waals surface area contributed by atoms with Gasteiger partial charge in [-0.25, -0.2) is 5.48 Å². The van der Waals surface area contributed by atoms with Crippen molar-refractivity contribution in [2.75, 3.05) is 13.1 Å². The van der Waals surface area contributed by atoms with Gasteiger partial charge in [0.25, 0.3) is 0 Å². The van der Waals surface area contributed by atoms with E-state index in [2.05, 4.69) is 5.32 Å². The highest BCUT2D eigenvalue weighted by Gasteiger charge is 2.27. The molecule has 0 radical (unpaired) electrons. The average Bonchev–Trinajstić information content (AvgIpc) is 2.39. The number of carbonyl (C=O) groups excluding carboxylic acids is 1. The number of hydrogen-bond acceptors (Lipinski definition) is 4. The topological polar surface area (TPSA) is 70.6 Å². The number of hydrogen-bond donors (Lipinski definition) is 3. The second-order valence-corrected chi connectivity index (χ2v) is 4.12. The predicted octanol–water partition coefficient (Wildman–Crippen LogP) is 0.549. The van der Waals surface area contributed by atoms with E-state index >= 15 is 0 Å². The molecule has 1 aliphatic heterocycles. The average molecular weight is 236 g/mol. The van der Waals surface area contributed by atoms with Crippen LogP contribution >= 0.6 is 0 Å². The number of rotatable bonds is 3. The van der Waals surface area contributed by atoms with Crippen LogP contribution in [-0.2, 0) is 4.79 Å². The number of carbonyl (C=O) groups is 1. The lowest BCUT2D eigenvalue weighted by atomic mass is 9.97. The van der Waals surface area contributed by atoms with Crippen LogP contribution in [0.1, 0.15) is 6.42 Å². The van der Waals surface area contributed by atoms with Crippen LogP contribution in [0.4, 0.5) is 0 Å². The fourth-order valence-electron chi connectivity index (χ4n) is 1.97. The summed E-state index contributed by atoms with van der Waals surface area (Å²) in [6.07, 6.45) is 0.558. The zero-order chi connectivity index (χ0) is 12.1. The number of benzene rings is 1. The third kappa shape index (κ3) is 3.18. The van der Waals surface area contributed by atoms with Gasteiger partial charge in [0.05, 0.1) is 5.92 Å². The van der Waals surface area contributed by atoms with Crippen molar-refractivity contribution in [3.05, 3.63) is 30.3 Å². The Bertz CT molecular complexity index is 369. The van der Waals surface area contributed by atoms with Gasteiger partial charge in [0.2, 0.25) is 5.91 Å². The Morgan fingerprint density at radius 2 is 2.12 bits per heavy atom. The molecular weight excluding hydrogens is 220 g/mol. The molecule has 0 saturated carbocycles. The molecule has 1 fully saturated rings. The maximum absolute atomic E-state index is 11.3. The highest BCUT2D eigenvalue weighted by molar-refractivity contribution is 5.77. The summed E-state index contributed by atoms with van der Waals surface area (Å²) in [7, 11) is 0. The Balaban J connectivity index is 1.92. The lowest BCUT2D eigenvalue weighted by Gasteiger charge is -2.29. The second kappa shape index (κ2) is 5.65. The third-order valence-corrected chi connectivity index (χ3v) is 2.84. The van der Waals surface area contributed by atoms with E-state index in [1.807, 2.05) is 30.3 Å². The zero-order valence-corrected chi connectivity index (χ0v) is 9.43. The Morgan fingerprint density at radius 3 is 2.82 bits per heavy atom. The van der Waals surface area contributed by atoms with E-state index in [-0.39, 0.29) is 17.9 Å². The van der Waals surface area contributed by atoms with E-state index in [0.717, 1.165) is 5.75 Å². The molecule has 92 valence electrons. The van der Waals surface area contributed by atoms with Gasteiger partial charge in [-0.1, -0.05) is 18.2 Å². The molecule has 5 nitrogen and oxygen atoms in total. The largest absolute Gasteiger partial charge is 0.489 e. The minimum absolute atomic E-state index is 0.0477. The van der Waals surface area contributed by atoms with Crippen LogP contribution in [0.3, 0.4) is 0 Å². The van der Waals surface area contributed by atoms with Gasteiger partial charge in [0.15, 0.2) is 0 Å². The summed E-state index contributed by atoms with van der Waals surface area (Å²) in [5.41, 5.74) is 1.68. The fourth-order valence-corrected chi connectivity index (χ4v) is 1.97. The molecule has 17 heavy (non-hydrogen) atoms. The van der Waals surface area contributed by atoms with Gasteiger partial charge in [-0.05, 0) is 18.6 Å². The van der Waals surface area contributed by atoms with E-state index in [4.69, 9.17) is 9.94 Å². The third-order valence-electron chi connectivity index (χ3n) is 2.84. The Kier molecular flexibility index (Phi) is 3.95. The molecule has 2 rings (SSSR count). The highest BCUT2D eigenvalue weighted by atomic mass is 16.5. The summed E-state index contributed by atoms with van der Waals surface area (Å²) in [6, 6.07) is 9.51. The maximum Gasteiger partial charge on any atom is 0.247 e. The Labute approximate surface area is 99.7 Å². The molecule has 0 aliphatic carbocycles. The summed E-state index contributed by atoms with van der Waals surface area (Å²) >= 11 is 0. The minimum atomic E-state index is -0.362. The Morgan fingerprint density at radius 1 is 1.35 bits per heavy atom. The van der Waals surface area contributed by atoms with Crippen molar-refractivity contribution < 1.29 is 14.7 Å². The van der Waals surface area contributed by atoms with E-state index < -0.39 is 0 Å². The van der Waals surface area contributed by atoms with Crippen LogP contribution < -0.4 is 15.5 Å². The van der Waals surface area contributed by atoms with Crippen LogP contribution in [0, 0.1) is 5.92 Å². The minimum Gasteiger partial charge on any atom is -0.489 e. The molecule has 2 atom stereocenters. The Hall–Kier alpha value is -1.59. The maximum atomic E-state index is 11.3. The summed E-state index contributed by atoms with van der Waals surface area (Å²) in [6.45, 7) is 1.28. The number of hydroxylamine groups is 1. The molecule has 5 heteroatoms. The van der Waals surface area contributed by atoms with Crippen molar-refractivity contribution in [1.82, 2.24) is 10.8 Å². The smallest absolute Gasteiger partial charge is 0.247 e. The quantitative estimate of drug-likeness (QED) is 0.529. The number of ether oxygens (including phenoxy) is 1. The molecule has 1 amide bonds. The van der Waals surface area contributed by atoms with Gasteiger partial charge in [-0.15, -0.1) is 0 Å². The van der Waals surface area contributed by atoms with Gasteiger partial charge >= 0.3 is 0 Å². The van der Waals surface area contributed by atoms with Gasteiger partial charge in [-0.3, -0.25) is 10.0 Å². The van der Waals surface area contributed by atoms with Crippen molar-refractivity contribution >= 4 is 5.91 Å².